The van der Waals surface area contributed by atoms with Crippen LogP contribution in [0, 0.1) is 0 Å². The minimum absolute atomic E-state index is 0.503. The van der Waals surface area contributed by atoms with Gasteiger partial charge in [0.05, 0.1) is 11.2 Å². The molecule has 0 spiro atoms. The summed E-state index contributed by atoms with van der Waals surface area (Å²) in [6.45, 7) is 2.05. The summed E-state index contributed by atoms with van der Waals surface area (Å²) in [5.41, 5.74) is 3.94. The standard InChI is InChI=1S/C14H18N2O2S2/c1-20(17)7-6-15-8-12-2-4-14(5-3-12)18-9-13-10-19-11-16-13/h2-5,10-11,15H,6-9H2,1H3/t20-/m0/s1. The van der Waals surface area contributed by atoms with Crippen molar-refractivity contribution in [1.29, 1.82) is 0 Å². The number of hydrogen-bond acceptors (Lipinski definition) is 5. The predicted molar refractivity (Wildman–Crippen MR) is 83.5 cm³/mol. The summed E-state index contributed by atoms with van der Waals surface area (Å²) in [7, 11) is -0.732. The van der Waals surface area contributed by atoms with Gasteiger partial charge in [0, 0.05) is 41.3 Å². The lowest BCUT2D eigenvalue weighted by molar-refractivity contribution is 0.302. The van der Waals surface area contributed by atoms with Crippen molar-refractivity contribution in [1.82, 2.24) is 10.3 Å². The van der Waals surface area contributed by atoms with Gasteiger partial charge in [-0.15, -0.1) is 11.3 Å². The predicted octanol–water partition coefficient (Wildman–Crippen LogP) is 2.19. The number of nitrogens with one attached hydrogen (secondary N) is 1. The van der Waals surface area contributed by atoms with Crippen LogP contribution < -0.4 is 10.1 Å². The van der Waals surface area contributed by atoms with E-state index in [4.69, 9.17) is 4.74 Å². The normalized spacial score (nSPS) is 12.2. The third kappa shape index (κ3) is 5.40. The van der Waals surface area contributed by atoms with E-state index in [1.165, 1.54) is 5.56 Å². The van der Waals surface area contributed by atoms with E-state index in [-0.39, 0.29) is 0 Å². The number of nitrogens with zero attached hydrogens (tertiary/aromatic N) is 1. The Balaban J connectivity index is 1.73. The highest BCUT2D eigenvalue weighted by molar-refractivity contribution is 7.84. The zero-order valence-electron chi connectivity index (χ0n) is 11.4. The molecule has 6 heteroatoms. The van der Waals surface area contributed by atoms with Crippen LogP contribution in [0.4, 0.5) is 0 Å². The molecule has 4 nitrogen and oxygen atoms in total. The molecule has 1 aromatic heterocycles. The molecular weight excluding hydrogens is 292 g/mol. The fraction of sp³-hybridized carbons (Fsp3) is 0.357. The number of benzene rings is 1. The van der Waals surface area contributed by atoms with Gasteiger partial charge in [-0.05, 0) is 17.7 Å². The Hall–Kier alpha value is -1.24. The van der Waals surface area contributed by atoms with Crippen molar-refractivity contribution >= 4 is 22.1 Å². The number of thiazole rings is 1. The highest BCUT2D eigenvalue weighted by atomic mass is 32.2. The number of ether oxygens (including phenoxy) is 1. The van der Waals surface area contributed by atoms with E-state index in [9.17, 15) is 4.21 Å². The maximum Gasteiger partial charge on any atom is 0.131 e. The third-order valence-electron chi connectivity index (χ3n) is 2.69. The first-order valence-corrected chi connectivity index (χ1v) is 9.00. The molecule has 1 heterocycles. The van der Waals surface area contributed by atoms with Gasteiger partial charge in [-0.2, -0.15) is 0 Å². The lowest BCUT2D eigenvalue weighted by Gasteiger charge is -2.07. The third-order valence-corrected chi connectivity index (χ3v) is 4.10. The summed E-state index contributed by atoms with van der Waals surface area (Å²) in [4.78, 5) is 4.17. The molecule has 0 aliphatic rings. The molecule has 0 radical (unpaired) electrons. The lowest BCUT2D eigenvalue weighted by Crippen LogP contribution is -2.19. The second-order valence-corrected chi connectivity index (χ2v) is 6.64. The SMILES string of the molecule is C[S@](=O)CCNCc1ccc(OCc2cscn2)cc1. The van der Waals surface area contributed by atoms with E-state index >= 15 is 0 Å². The highest BCUT2D eigenvalue weighted by Crippen LogP contribution is 2.14. The van der Waals surface area contributed by atoms with E-state index in [1.807, 2.05) is 29.6 Å². The molecule has 0 aliphatic heterocycles. The van der Waals surface area contributed by atoms with E-state index in [0.29, 0.717) is 12.4 Å². The van der Waals surface area contributed by atoms with Gasteiger partial charge in [-0.3, -0.25) is 4.21 Å². The average Bonchev–Trinajstić information content (AvgIpc) is 2.96. The lowest BCUT2D eigenvalue weighted by atomic mass is 10.2. The van der Waals surface area contributed by atoms with E-state index < -0.39 is 10.8 Å². The van der Waals surface area contributed by atoms with Crippen LogP contribution in [0.1, 0.15) is 11.3 Å². The first kappa shape index (κ1) is 15.2. The number of hydrogen-bond donors (Lipinski definition) is 1. The minimum atomic E-state index is -0.732. The monoisotopic (exact) mass is 310 g/mol. The topological polar surface area (TPSA) is 51.2 Å². The highest BCUT2D eigenvalue weighted by Gasteiger charge is 1.99. The number of rotatable bonds is 8. The molecule has 0 bridgehead atoms. The van der Waals surface area contributed by atoms with Crippen LogP contribution in [0.25, 0.3) is 0 Å². The quantitative estimate of drug-likeness (QED) is 0.759. The minimum Gasteiger partial charge on any atom is -0.487 e. The second kappa shape index (κ2) is 8.14. The van der Waals surface area contributed by atoms with E-state index in [0.717, 1.165) is 24.5 Å². The zero-order chi connectivity index (χ0) is 14.2. The molecule has 0 aliphatic carbocycles. The summed E-state index contributed by atoms with van der Waals surface area (Å²) in [5.74, 6) is 1.53. The maximum atomic E-state index is 10.9. The van der Waals surface area contributed by atoms with Gasteiger partial charge < -0.3 is 10.1 Å². The molecule has 0 saturated heterocycles. The Labute approximate surface area is 125 Å². The summed E-state index contributed by atoms with van der Waals surface area (Å²) in [5, 5.41) is 5.25. The first-order chi connectivity index (χ1) is 9.74. The Bertz CT molecular complexity index is 527. The van der Waals surface area contributed by atoms with Crippen LogP contribution in [0.2, 0.25) is 0 Å². The van der Waals surface area contributed by atoms with Gasteiger partial charge in [0.1, 0.15) is 12.4 Å². The molecule has 0 saturated carbocycles. The Morgan fingerprint density at radius 3 is 2.80 bits per heavy atom. The summed E-state index contributed by atoms with van der Waals surface area (Å²) in [6, 6.07) is 7.99. The smallest absolute Gasteiger partial charge is 0.131 e. The number of aromatic nitrogens is 1. The fourth-order valence-corrected chi connectivity index (χ4v) is 2.59. The van der Waals surface area contributed by atoms with Crippen molar-refractivity contribution < 1.29 is 8.95 Å². The van der Waals surface area contributed by atoms with Crippen molar-refractivity contribution in [2.24, 2.45) is 0 Å². The molecule has 108 valence electrons. The van der Waals surface area contributed by atoms with Crippen LogP contribution in [0.15, 0.2) is 35.2 Å². The van der Waals surface area contributed by atoms with E-state index in [1.54, 1.807) is 23.1 Å². The first-order valence-electron chi connectivity index (χ1n) is 6.33. The van der Waals surface area contributed by atoms with Gasteiger partial charge in [0.25, 0.3) is 0 Å². The molecule has 0 unspecified atom stereocenters. The van der Waals surface area contributed by atoms with Crippen molar-refractivity contribution in [2.45, 2.75) is 13.2 Å². The van der Waals surface area contributed by atoms with Crippen LogP contribution in [0.3, 0.4) is 0 Å². The van der Waals surface area contributed by atoms with Crippen LogP contribution in [-0.4, -0.2) is 27.7 Å². The largest absolute Gasteiger partial charge is 0.487 e. The fourth-order valence-electron chi connectivity index (χ4n) is 1.62. The van der Waals surface area contributed by atoms with Crippen molar-refractivity contribution in [3.05, 3.63) is 46.4 Å². The van der Waals surface area contributed by atoms with Crippen LogP contribution >= 0.6 is 11.3 Å². The molecule has 0 fully saturated rings. The Morgan fingerprint density at radius 1 is 1.35 bits per heavy atom. The van der Waals surface area contributed by atoms with Crippen LogP contribution in [0.5, 0.6) is 5.75 Å². The van der Waals surface area contributed by atoms with E-state index in [2.05, 4.69) is 10.3 Å². The Kier molecular flexibility index (Phi) is 6.17. The Morgan fingerprint density at radius 2 is 2.15 bits per heavy atom. The van der Waals surface area contributed by atoms with Gasteiger partial charge in [-0.1, -0.05) is 12.1 Å². The van der Waals surface area contributed by atoms with Gasteiger partial charge in [0.2, 0.25) is 0 Å². The molecule has 1 atom stereocenters. The summed E-state index contributed by atoms with van der Waals surface area (Å²) < 4.78 is 16.6. The summed E-state index contributed by atoms with van der Waals surface area (Å²) in [6.07, 6.45) is 1.72. The van der Waals surface area contributed by atoms with Crippen molar-refractivity contribution in [3.8, 4) is 5.75 Å². The molecule has 1 aromatic carbocycles. The van der Waals surface area contributed by atoms with Gasteiger partial charge in [-0.25, -0.2) is 4.98 Å². The molecular formula is C14H18N2O2S2. The zero-order valence-corrected chi connectivity index (χ0v) is 13.0. The average molecular weight is 310 g/mol. The van der Waals surface area contributed by atoms with Gasteiger partial charge in [0.15, 0.2) is 0 Å². The molecule has 1 N–H and O–H groups in total. The molecule has 2 aromatic rings. The van der Waals surface area contributed by atoms with Gasteiger partial charge >= 0.3 is 0 Å². The van der Waals surface area contributed by atoms with Crippen molar-refractivity contribution in [3.63, 3.8) is 0 Å². The molecule has 2 rings (SSSR count). The van der Waals surface area contributed by atoms with Crippen molar-refractivity contribution in [2.75, 3.05) is 18.6 Å². The van der Waals surface area contributed by atoms with Crippen LogP contribution in [-0.2, 0) is 24.0 Å². The summed E-state index contributed by atoms with van der Waals surface area (Å²) >= 11 is 1.57. The molecule has 0 amide bonds. The second-order valence-electron chi connectivity index (χ2n) is 4.37. The molecule has 20 heavy (non-hydrogen) atoms. The maximum absolute atomic E-state index is 10.9.